The van der Waals surface area contributed by atoms with E-state index in [-0.39, 0.29) is 0 Å². The summed E-state index contributed by atoms with van der Waals surface area (Å²) >= 11 is 3.70. The van der Waals surface area contributed by atoms with E-state index >= 15 is 0 Å². The number of rotatable bonds is 11. The van der Waals surface area contributed by atoms with E-state index in [0.717, 1.165) is 62.3 Å². The van der Waals surface area contributed by atoms with E-state index in [0.29, 0.717) is 0 Å². The minimum Gasteiger partial charge on any atom is -0.356 e. The van der Waals surface area contributed by atoms with E-state index in [1.807, 2.05) is 40.9 Å². The lowest BCUT2D eigenvalue weighted by Crippen LogP contribution is -2.13. The highest BCUT2D eigenvalue weighted by Gasteiger charge is 2.22. The van der Waals surface area contributed by atoms with Crippen LogP contribution in [-0.4, -0.2) is 4.57 Å². The van der Waals surface area contributed by atoms with Gasteiger partial charge in [-0.05, 0) is 162 Å². The van der Waals surface area contributed by atoms with Crippen LogP contribution in [-0.2, 0) is 0 Å². The van der Waals surface area contributed by atoms with Crippen LogP contribution >= 0.6 is 22.7 Å². The van der Waals surface area contributed by atoms with Gasteiger partial charge in [-0.3, -0.25) is 0 Å². The monoisotopic (exact) mass is 1110 g/mol. The normalized spacial score (nSPS) is 11.3. The molecule has 4 nitrogen and oxygen atoms in total. The third kappa shape index (κ3) is 9.69. The number of aromatic nitrogens is 1. The molecule has 3 aromatic heterocycles. The Morgan fingerprint density at radius 2 is 0.690 bits per heavy atom. The molecule has 0 unspecified atom stereocenters. The topological polar surface area (TPSA) is 23.4 Å². The van der Waals surface area contributed by atoms with Gasteiger partial charge in [0.2, 0.25) is 0 Å². The summed E-state index contributed by atoms with van der Waals surface area (Å²) in [6, 6.07) is 116. The number of hydrogen-bond donors (Lipinski definition) is 1. The third-order valence-corrected chi connectivity index (χ3v) is 18.1. The fourth-order valence-corrected chi connectivity index (χ4v) is 14.0. The zero-order valence-corrected chi connectivity index (χ0v) is 47.4. The summed E-state index contributed by atoms with van der Waals surface area (Å²) in [5, 5.41) is 11.1. The third-order valence-electron chi connectivity index (χ3n) is 15.8. The fourth-order valence-electron chi connectivity index (χ4n) is 11.9. The molecule has 0 saturated heterocycles. The highest BCUT2D eigenvalue weighted by Crippen LogP contribution is 2.46. The highest BCUT2D eigenvalue weighted by atomic mass is 32.1. The van der Waals surface area contributed by atoms with Gasteiger partial charge in [-0.15, -0.1) is 22.7 Å². The summed E-state index contributed by atoms with van der Waals surface area (Å²) in [6.07, 6.45) is 0. The van der Waals surface area contributed by atoms with Crippen molar-refractivity contribution in [3.8, 4) is 27.9 Å². The van der Waals surface area contributed by atoms with E-state index in [1.165, 1.54) is 73.3 Å². The Kier molecular flexibility index (Phi) is 13.3. The summed E-state index contributed by atoms with van der Waals surface area (Å²) in [7, 11) is 0. The SMILES string of the molecule is c1ccc(-c2ccc(N(c3ccccc3)c3cc(-c4ccc5c6ccccc6n(-c6ccccc6)c5c4)cc(N(c4ccccc4)c4ccc5sc6ccccc6c5c4)c3)cc2)cc1.c1ccc(Nc2ccc3sc4ccccc4c3c2)cc1. The van der Waals surface area contributed by atoms with Gasteiger partial charge in [0.05, 0.1) is 11.0 Å². The Hall–Kier alpha value is -10.5. The van der Waals surface area contributed by atoms with Gasteiger partial charge in [0.25, 0.3) is 0 Å². The molecule has 1 N–H and O–H groups in total. The molecule has 16 aromatic rings. The second-order valence-corrected chi connectivity index (χ2v) is 23.2. The predicted octanol–water partition coefficient (Wildman–Crippen LogP) is 23.2. The molecule has 0 bridgehead atoms. The molecule has 0 aliphatic carbocycles. The van der Waals surface area contributed by atoms with Gasteiger partial charge in [-0.2, -0.15) is 0 Å². The average molecular weight is 1110 g/mol. The number of nitrogens with one attached hydrogen (secondary N) is 1. The molecular formula is C78H54N4S2. The summed E-state index contributed by atoms with van der Waals surface area (Å²) in [6.45, 7) is 0. The van der Waals surface area contributed by atoms with E-state index in [9.17, 15) is 0 Å². The number of benzene rings is 13. The molecule has 0 saturated carbocycles. The van der Waals surface area contributed by atoms with Crippen LogP contribution in [0, 0.1) is 0 Å². The lowest BCUT2D eigenvalue weighted by Gasteiger charge is -2.30. The lowest BCUT2D eigenvalue weighted by molar-refractivity contribution is 1.18. The van der Waals surface area contributed by atoms with Crippen LogP contribution in [0.15, 0.2) is 322 Å². The molecule has 6 heteroatoms. The van der Waals surface area contributed by atoms with E-state index in [1.54, 1.807) is 0 Å². The van der Waals surface area contributed by atoms with Crippen LogP contribution in [0.25, 0.3) is 90.1 Å². The summed E-state index contributed by atoms with van der Waals surface area (Å²) in [5.41, 5.74) is 16.8. The van der Waals surface area contributed by atoms with Crippen LogP contribution in [0.2, 0.25) is 0 Å². The van der Waals surface area contributed by atoms with E-state index < -0.39 is 0 Å². The Labute approximate surface area is 496 Å². The van der Waals surface area contributed by atoms with Gasteiger partial charge in [0.1, 0.15) is 0 Å². The minimum absolute atomic E-state index is 1.05. The molecule has 0 aliphatic rings. The summed E-state index contributed by atoms with van der Waals surface area (Å²) in [5.74, 6) is 0. The van der Waals surface area contributed by atoms with Gasteiger partial charge < -0.3 is 19.7 Å². The van der Waals surface area contributed by atoms with Crippen LogP contribution < -0.4 is 15.1 Å². The lowest BCUT2D eigenvalue weighted by atomic mass is 10.00. The van der Waals surface area contributed by atoms with Crippen molar-refractivity contribution in [2.45, 2.75) is 0 Å². The van der Waals surface area contributed by atoms with Crippen LogP contribution in [0.3, 0.4) is 0 Å². The molecule has 0 atom stereocenters. The number of nitrogens with zero attached hydrogens (tertiary/aromatic N) is 3. The second kappa shape index (κ2) is 22.1. The quantitative estimate of drug-likeness (QED) is 0.140. The Morgan fingerprint density at radius 3 is 1.33 bits per heavy atom. The molecule has 84 heavy (non-hydrogen) atoms. The van der Waals surface area contributed by atoms with Gasteiger partial charge in [0.15, 0.2) is 0 Å². The Balaban J connectivity index is 0.000000252. The maximum atomic E-state index is 3.46. The average Bonchev–Trinajstić information content (AvgIpc) is 4.38. The number of para-hydroxylation sites is 5. The Bertz CT molecular complexity index is 4980. The molecule has 16 rings (SSSR count). The second-order valence-electron chi connectivity index (χ2n) is 21.0. The maximum Gasteiger partial charge on any atom is 0.0547 e. The molecular weight excluding hydrogens is 1060 g/mol. The zero-order chi connectivity index (χ0) is 55.8. The fraction of sp³-hybridized carbons (Fsp3) is 0. The van der Waals surface area contributed by atoms with Gasteiger partial charge in [-0.1, -0.05) is 182 Å². The molecule has 3 heterocycles. The molecule has 0 aliphatic heterocycles. The van der Waals surface area contributed by atoms with Crippen molar-refractivity contribution in [3.05, 3.63) is 322 Å². The van der Waals surface area contributed by atoms with Gasteiger partial charge in [-0.25, -0.2) is 0 Å². The van der Waals surface area contributed by atoms with Crippen LogP contribution in [0.1, 0.15) is 0 Å². The molecule has 0 amide bonds. The minimum atomic E-state index is 1.05. The largest absolute Gasteiger partial charge is 0.356 e. The van der Waals surface area contributed by atoms with Crippen molar-refractivity contribution in [1.29, 1.82) is 0 Å². The predicted molar refractivity (Wildman–Crippen MR) is 363 cm³/mol. The molecule has 0 fully saturated rings. The first kappa shape index (κ1) is 50.5. The van der Waals surface area contributed by atoms with E-state index in [2.05, 4.69) is 323 Å². The number of hydrogen-bond acceptors (Lipinski definition) is 5. The smallest absolute Gasteiger partial charge is 0.0547 e. The van der Waals surface area contributed by atoms with Crippen molar-refractivity contribution in [2.75, 3.05) is 15.1 Å². The number of anilines is 8. The standard InChI is InChI=1S/C60H41N3S.C18H13NS/c1-5-17-42(18-6-1)43-29-32-49(33-30-43)61(46-19-7-2-8-20-46)51-37-45(44-31-35-54-53-25-13-15-27-57(53)63(58(54)39-44)48-23-11-4-12-24-48)38-52(40-51)62(47-21-9-3-10-22-47)50-34-36-60-56(41-50)55-26-14-16-28-59(55)64-60;1-2-6-13(7-3-1)19-14-10-11-18-16(12-14)15-8-4-5-9-17(15)20-18/h1-41H;1-12,19H. The number of thiophene rings is 2. The summed E-state index contributed by atoms with van der Waals surface area (Å²) < 4.78 is 7.67. The first-order valence-corrected chi connectivity index (χ1v) is 30.0. The van der Waals surface area contributed by atoms with Crippen LogP contribution in [0.4, 0.5) is 45.5 Å². The van der Waals surface area contributed by atoms with Crippen molar-refractivity contribution in [3.63, 3.8) is 0 Å². The zero-order valence-electron chi connectivity index (χ0n) is 45.8. The van der Waals surface area contributed by atoms with Crippen molar-refractivity contribution >= 4 is 130 Å². The molecule has 0 spiro atoms. The Morgan fingerprint density at radius 1 is 0.238 bits per heavy atom. The van der Waals surface area contributed by atoms with Crippen molar-refractivity contribution in [2.24, 2.45) is 0 Å². The summed E-state index contributed by atoms with van der Waals surface area (Å²) in [4.78, 5) is 4.81. The van der Waals surface area contributed by atoms with Gasteiger partial charge >= 0.3 is 0 Å². The highest BCUT2D eigenvalue weighted by molar-refractivity contribution is 7.26. The molecule has 0 radical (unpaired) electrons. The van der Waals surface area contributed by atoms with Crippen molar-refractivity contribution < 1.29 is 0 Å². The number of fused-ring (bicyclic) bond motifs is 9. The van der Waals surface area contributed by atoms with Crippen molar-refractivity contribution in [1.82, 2.24) is 4.57 Å². The van der Waals surface area contributed by atoms with Gasteiger partial charge in [0, 0.05) is 102 Å². The molecule has 13 aromatic carbocycles. The molecule has 398 valence electrons. The van der Waals surface area contributed by atoms with Crippen LogP contribution in [0.5, 0.6) is 0 Å². The van der Waals surface area contributed by atoms with E-state index in [4.69, 9.17) is 0 Å². The first-order valence-electron chi connectivity index (χ1n) is 28.4. The first-order chi connectivity index (χ1) is 41.6. The maximum absolute atomic E-state index is 3.46.